The Kier molecular flexibility index (Phi) is 11.0. The minimum Gasteiger partial charge on any atom is -0.598 e. The van der Waals surface area contributed by atoms with Gasteiger partial charge in [0.2, 0.25) is 0 Å². The quantitative estimate of drug-likeness (QED) is 0.463. The molecule has 0 aromatic carbocycles. The van der Waals surface area contributed by atoms with Crippen molar-refractivity contribution >= 4 is 11.4 Å². The maximum atomic E-state index is 11.5. The van der Waals surface area contributed by atoms with Gasteiger partial charge in [-0.3, -0.25) is 0 Å². The van der Waals surface area contributed by atoms with Crippen molar-refractivity contribution in [3.8, 4) is 0 Å². The van der Waals surface area contributed by atoms with Crippen molar-refractivity contribution in [1.29, 1.82) is 0 Å². The highest BCUT2D eigenvalue weighted by atomic mass is 32.2. The zero-order valence-electron chi connectivity index (χ0n) is 10.6. The topological polar surface area (TPSA) is 35.1 Å². The fourth-order valence-corrected chi connectivity index (χ4v) is 2.30. The second kappa shape index (κ2) is 10.8. The monoisotopic (exact) mass is 233 g/mol. The molecule has 0 aliphatic heterocycles. The molecule has 0 rings (SSSR count). The van der Waals surface area contributed by atoms with Gasteiger partial charge in [-0.1, -0.05) is 46.0 Å². The highest BCUT2D eigenvalue weighted by Gasteiger charge is 2.13. The molecule has 2 nitrogen and oxygen atoms in total. The van der Waals surface area contributed by atoms with Gasteiger partial charge in [0.1, 0.15) is 5.25 Å². The summed E-state index contributed by atoms with van der Waals surface area (Å²) in [5, 5.41) is 0.282. The third-order valence-corrected chi connectivity index (χ3v) is 4.27. The van der Waals surface area contributed by atoms with Gasteiger partial charge in [0.25, 0.3) is 0 Å². The Labute approximate surface area is 98.5 Å². The number of hydrogen-bond donors (Lipinski definition) is 1. The molecule has 0 aromatic rings. The van der Waals surface area contributed by atoms with Crippen LogP contribution < -0.4 is 4.72 Å². The molecule has 0 aromatic heterocycles. The van der Waals surface area contributed by atoms with Gasteiger partial charge < -0.3 is 4.55 Å². The van der Waals surface area contributed by atoms with Crippen molar-refractivity contribution in [3.05, 3.63) is 0 Å². The summed E-state index contributed by atoms with van der Waals surface area (Å²) in [5.74, 6) is 0. The highest BCUT2D eigenvalue weighted by molar-refractivity contribution is 7.90. The number of nitrogens with one attached hydrogen (secondary N) is 1. The Morgan fingerprint density at radius 1 is 1.07 bits per heavy atom. The molecular weight excluding hydrogens is 206 g/mol. The summed E-state index contributed by atoms with van der Waals surface area (Å²) < 4.78 is 14.6. The molecule has 0 spiro atoms. The van der Waals surface area contributed by atoms with E-state index in [2.05, 4.69) is 18.6 Å². The molecule has 0 amide bonds. The van der Waals surface area contributed by atoms with Gasteiger partial charge in [0.05, 0.1) is 0 Å². The van der Waals surface area contributed by atoms with Crippen LogP contribution in [0.15, 0.2) is 0 Å². The van der Waals surface area contributed by atoms with Crippen molar-refractivity contribution < 1.29 is 4.55 Å². The van der Waals surface area contributed by atoms with Gasteiger partial charge in [-0.2, -0.15) is 0 Å². The Balaban J connectivity index is 3.16. The predicted molar refractivity (Wildman–Crippen MR) is 69.3 cm³/mol. The number of hydrogen-bond acceptors (Lipinski definition) is 2. The van der Waals surface area contributed by atoms with Crippen LogP contribution in [0.5, 0.6) is 0 Å². The van der Waals surface area contributed by atoms with E-state index in [1.54, 1.807) is 0 Å². The lowest BCUT2D eigenvalue weighted by molar-refractivity contribution is 0.554. The average Bonchev–Trinajstić information content (AvgIpc) is 2.26. The summed E-state index contributed by atoms with van der Waals surface area (Å²) in [6.45, 7) is 7.25. The lowest BCUT2D eigenvalue weighted by Crippen LogP contribution is -2.32. The molecule has 15 heavy (non-hydrogen) atoms. The first-order valence-electron chi connectivity index (χ1n) is 6.36. The van der Waals surface area contributed by atoms with E-state index >= 15 is 0 Å². The summed E-state index contributed by atoms with van der Waals surface area (Å²) in [4.78, 5) is 0. The number of unbranched alkanes of at least 4 members (excludes halogenated alkanes) is 5. The van der Waals surface area contributed by atoms with Gasteiger partial charge in [-0.25, -0.2) is 0 Å². The first-order chi connectivity index (χ1) is 7.22. The standard InChI is InChI=1S/C12H27NOS/c1-4-6-7-8-9-10-11-13-15(14)12(3)5-2/h12-13H,4-11H2,1-3H3. The molecule has 0 aliphatic rings. The van der Waals surface area contributed by atoms with Gasteiger partial charge >= 0.3 is 0 Å². The van der Waals surface area contributed by atoms with Crippen LogP contribution in [0.4, 0.5) is 0 Å². The lowest BCUT2D eigenvalue weighted by Gasteiger charge is -2.16. The highest BCUT2D eigenvalue weighted by Crippen LogP contribution is 2.06. The Morgan fingerprint density at radius 3 is 2.27 bits per heavy atom. The van der Waals surface area contributed by atoms with E-state index in [0.717, 1.165) is 19.4 Å². The van der Waals surface area contributed by atoms with E-state index in [9.17, 15) is 4.55 Å². The molecule has 0 saturated carbocycles. The maximum absolute atomic E-state index is 11.5. The third-order valence-electron chi connectivity index (χ3n) is 2.72. The SMILES string of the molecule is CCCCCCCCN[S+]([O-])C(C)CC. The molecule has 0 fully saturated rings. The molecule has 0 bridgehead atoms. The van der Waals surface area contributed by atoms with E-state index < -0.39 is 11.4 Å². The van der Waals surface area contributed by atoms with Crippen LogP contribution in [0.1, 0.15) is 65.7 Å². The van der Waals surface area contributed by atoms with Gasteiger partial charge in [0, 0.05) is 17.9 Å². The normalized spacial score (nSPS) is 15.2. The molecule has 0 aliphatic carbocycles. The summed E-state index contributed by atoms with van der Waals surface area (Å²) in [7, 11) is 0. The van der Waals surface area contributed by atoms with E-state index in [1.165, 1.54) is 32.1 Å². The fraction of sp³-hybridized carbons (Fsp3) is 1.00. The largest absolute Gasteiger partial charge is 0.598 e. The summed E-state index contributed by atoms with van der Waals surface area (Å²) in [6.07, 6.45) is 8.74. The second-order valence-electron chi connectivity index (χ2n) is 4.18. The van der Waals surface area contributed by atoms with E-state index in [-0.39, 0.29) is 5.25 Å². The van der Waals surface area contributed by atoms with Crippen LogP contribution in [-0.4, -0.2) is 16.3 Å². The van der Waals surface area contributed by atoms with Gasteiger partial charge in [-0.15, -0.1) is 4.72 Å². The zero-order valence-corrected chi connectivity index (χ0v) is 11.4. The summed E-state index contributed by atoms with van der Waals surface area (Å²) >= 11 is -0.824. The Bertz CT molecular complexity index is 133. The first kappa shape index (κ1) is 15.3. The minimum absolute atomic E-state index is 0.282. The molecule has 0 saturated heterocycles. The van der Waals surface area contributed by atoms with Crippen molar-refractivity contribution in [3.63, 3.8) is 0 Å². The van der Waals surface area contributed by atoms with Crippen molar-refractivity contribution in [2.75, 3.05) is 6.54 Å². The lowest BCUT2D eigenvalue weighted by atomic mass is 10.1. The van der Waals surface area contributed by atoms with Gasteiger partial charge in [0.15, 0.2) is 0 Å². The van der Waals surface area contributed by atoms with E-state index in [4.69, 9.17) is 0 Å². The fourth-order valence-electron chi connectivity index (χ4n) is 1.37. The summed E-state index contributed by atoms with van der Waals surface area (Å²) in [5.41, 5.74) is 0. The molecule has 3 heteroatoms. The predicted octanol–water partition coefficient (Wildman–Crippen LogP) is 3.40. The third kappa shape index (κ3) is 9.21. The molecule has 0 heterocycles. The summed E-state index contributed by atoms with van der Waals surface area (Å²) in [6, 6.07) is 0. The maximum Gasteiger partial charge on any atom is 0.132 e. The van der Waals surface area contributed by atoms with Crippen LogP contribution in [0.3, 0.4) is 0 Å². The smallest absolute Gasteiger partial charge is 0.132 e. The Morgan fingerprint density at radius 2 is 1.67 bits per heavy atom. The average molecular weight is 233 g/mol. The zero-order chi connectivity index (χ0) is 11.5. The van der Waals surface area contributed by atoms with E-state index in [0.29, 0.717) is 0 Å². The van der Waals surface area contributed by atoms with Crippen LogP contribution in [0.2, 0.25) is 0 Å². The molecule has 2 atom stereocenters. The van der Waals surface area contributed by atoms with Crippen LogP contribution in [0.25, 0.3) is 0 Å². The van der Waals surface area contributed by atoms with E-state index in [1.807, 2.05) is 6.92 Å². The second-order valence-corrected chi connectivity index (χ2v) is 5.87. The van der Waals surface area contributed by atoms with Crippen LogP contribution in [-0.2, 0) is 11.4 Å². The Hall–Kier alpha value is 0.270. The minimum atomic E-state index is -0.824. The molecular formula is C12H27NOS. The molecule has 1 N–H and O–H groups in total. The molecule has 2 unspecified atom stereocenters. The first-order valence-corrected chi connectivity index (χ1v) is 7.57. The van der Waals surface area contributed by atoms with Crippen LogP contribution >= 0.6 is 0 Å². The van der Waals surface area contributed by atoms with Crippen molar-refractivity contribution in [2.24, 2.45) is 0 Å². The molecule has 92 valence electrons. The van der Waals surface area contributed by atoms with Crippen LogP contribution in [0, 0.1) is 0 Å². The molecule has 0 radical (unpaired) electrons. The van der Waals surface area contributed by atoms with Crippen molar-refractivity contribution in [1.82, 2.24) is 4.72 Å². The van der Waals surface area contributed by atoms with Gasteiger partial charge in [-0.05, 0) is 19.8 Å². The number of rotatable bonds is 10. The van der Waals surface area contributed by atoms with Crippen molar-refractivity contribution in [2.45, 2.75) is 71.0 Å².